The van der Waals surface area contributed by atoms with Gasteiger partial charge in [-0.3, -0.25) is 0 Å². The fourth-order valence-electron chi connectivity index (χ4n) is 1.43. The molecule has 0 aliphatic rings. The monoisotopic (exact) mass is 226 g/mol. The lowest BCUT2D eigenvalue weighted by molar-refractivity contribution is 0.508. The maximum Gasteiger partial charge on any atom is 0.159 e. The van der Waals surface area contributed by atoms with Crippen LogP contribution in [0.15, 0.2) is 36.4 Å². The van der Waals surface area contributed by atoms with Crippen LogP contribution in [0, 0.1) is 23.3 Å². The molecule has 82 valence electrons. The molecule has 2 aromatic rings. The molecule has 0 spiro atoms. The van der Waals surface area contributed by atoms with Gasteiger partial charge in [0.05, 0.1) is 5.56 Å². The first-order valence-electron chi connectivity index (χ1n) is 4.49. The lowest BCUT2D eigenvalue weighted by Crippen LogP contribution is -1.91. The molecule has 0 heterocycles. The largest absolute Gasteiger partial charge is 0.206 e. The molecule has 2 aromatic carbocycles. The van der Waals surface area contributed by atoms with Crippen molar-refractivity contribution in [1.29, 1.82) is 0 Å². The van der Waals surface area contributed by atoms with Gasteiger partial charge in [-0.2, -0.15) is 0 Å². The van der Waals surface area contributed by atoms with Gasteiger partial charge in [-0.15, -0.1) is 0 Å². The average molecular weight is 226 g/mol. The van der Waals surface area contributed by atoms with Crippen molar-refractivity contribution in [1.82, 2.24) is 0 Å². The highest BCUT2D eigenvalue weighted by molar-refractivity contribution is 5.64. The van der Waals surface area contributed by atoms with E-state index in [0.717, 1.165) is 30.3 Å². The molecule has 4 heteroatoms. The molecule has 0 bridgehead atoms. The number of rotatable bonds is 1. The van der Waals surface area contributed by atoms with E-state index < -0.39 is 23.3 Å². The zero-order chi connectivity index (χ0) is 11.7. The van der Waals surface area contributed by atoms with Gasteiger partial charge in [0, 0.05) is 0 Å². The second-order valence-electron chi connectivity index (χ2n) is 3.23. The summed E-state index contributed by atoms with van der Waals surface area (Å²) in [6, 6.07) is 6.03. The van der Waals surface area contributed by atoms with Crippen LogP contribution in [-0.2, 0) is 0 Å². The normalized spacial score (nSPS) is 10.5. The molecule has 0 saturated heterocycles. The predicted molar refractivity (Wildman–Crippen MR) is 51.7 cm³/mol. The molecule has 0 nitrogen and oxygen atoms in total. The maximum atomic E-state index is 13.3. The van der Waals surface area contributed by atoms with Crippen molar-refractivity contribution in [3.63, 3.8) is 0 Å². The highest BCUT2D eigenvalue weighted by atomic mass is 19.2. The van der Waals surface area contributed by atoms with Gasteiger partial charge in [0.1, 0.15) is 11.6 Å². The molecule has 0 aromatic heterocycles. The standard InChI is InChI=1S/C12H6F4/c13-8-5-4-7(6-11(8)16)12-9(14)2-1-3-10(12)15/h1-6H. The fraction of sp³-hybridized carbons (Fsp3) is 0. The summed E-state index contributed by atoms with van der Waals surface area (Å²) in [4.78, 5) is 0. The second kappa shape index (κ2) is 3.96. The Hall–Kier alpha value is -1.84. The summed E-state index contributed by atoms with van der Waals surface area (Å²) in [7, 11) is 0. The average Bonchev–Trinajstić information content (AvgIpc) is 2.23. The third-order valence-electron chi connectivity index (χ3n) is 2.17. The van der Waals surface area contributed by atoms with Gasteiger partial charge >= 0.3 is 0 Å². The summed E-state index contributed by atoms with van der Waals surface area (Å²) in [5.74, 6) is -3.82. The quantitative estimate of drug-likeness (QED) is 0.646. The molecule has 0 saturated carbocycles. The van der Waals surface area contributed by atoms with Crippen molar-refractivity contribution in [2.24, 2.45) is 0 Å². The summed E-state index contributed by atoms with van der Waals surface area (Å²) in [5, 5.41) is 0. The first-order chi connectivity index (χ1) is 7.59. The molecule has 0 N–H and O–H groups in total. The van der Waals surface area contributed by atoms with E-state index in [1.54, 1.807) is 0 Å². The first-order valence-corrected chi connectivity index (χ1v) is 4.49. The Morgan fingerprint density at radius 3 is 1.81 bits per heavy atom. The van der Waals surface area contributed by atoms with Gasteiger partial charge in [0.15, 0.2) is 11.6 Å². The molecule has 2 rings (SSSR count). The number of halogens is 4. The second-order valence-corrected chi connectivity index (χ2v) is 3.23. The van der Waals surface area contributed by atoms with Crippen LogP contribution in [-0.4, -0.2) is 0 Å². The first kappa shape index (κ1) is 10.7. The number of benzene rings is 2. The Kier molecular flexibility index (Phi) is 2.64. The maximum absolute atomic E-state index is 13.3. The summed E-state index contributed by atoms with van der Waals surface area (Å²) in [6.07, 6.45) is 0. The van der Waals surface area contributed by atoms with Crippen LogP contribution < -0.4 is 0 Å². The van der Waals surface area contributed by atoms with E-state index in [2.05, 4.69) is 0 Å². The summed E-state index contributed by atoms with van der Waals surface area (Å²) < 4.78 is 52.2. The highest BCUT2D eigenvalue weighted by Gasteiger charge is 2.12. The van der Waals surface area contributed by atoms with E-state index in [1.165, 1.54) is 6.07 Å². The molecule has 0 aliphatic carbocycles. The molecule has 0 aliphatic heterocycles. The minimum absolute atomic E-state index is 0.0329. The molecular formula is C12H6F4. The molecule has 0 atom stereocenters. The molecule has 0 fully saturated rings. The zero-order valence-electron chi connectivity index (χ0n) is 7.98. The molecule has 16 heavy (non-hydrogen) atoms. The van der Waals surface area contributed by atoms with Gasteiger partial charge < -0.3 is 0 Å². The third kappa shape index (κ3) is 1.78. The number of hydrogen-bond acceptors (Lipinski definition) is 0. The Labute approximate surface area is 89.2 Å². The van der Waals surface area contributed by atoms with Gasteiger partial charge in [0.25, 0.3) is 0 Å². The van der Waals surface area contributed by atoms with E-state index in [9.17, 15) is 17.6 Å². The minimum Gasteiger partial charge on any atom is -0.206 e. The lowest BCUT2D eigenvalue weighted by Gasteiger charge is -2.05. The van der Waals surface area contributed by atoms with Crippen LogP contribution in [0.1, 0.15) is 0 Å². The van der Waals surface area contributed by atoms with E-state index >= 15 is 0 Å². The smallest absolute Gasteiger partial charge is 0.159 e. The molecule has 0 radical (unpaired) electrons. The van der Waals surface area contributed by atoms with Crippen molar-refractivity contribution in [2.45, 2.75) is 0 Å². The fourth-order valence-corrected chi connectivity index (χ4v) is 1.43. The van der Waals surface area contributed by atoms with Crippen molar-refractivity contribution >= 4 is 0 Å². The molecule has 0 unspecified atom stereocenters. The van der Waals surface area contributed by atoms with E-state index in [0.29, 0.717) is 0 Å². The van der Waals surface area contributed by atoms with Gasteiger partial charge in [0.2, 0.25) is 0 Å². The van der Waals surface area contributed by atoms with Crippen LogP contribution in [0.2, 0.25) is 0 Å². The van der Waals surface area contributed by atoms with Crippen LogP contribution in [0.4, 0.5) is 17.6 Å². The van der Waals surface area contributed by atoms with Crippen molar-refractivity contribution in [3.05, 3.63) is 59.7 Å². The Bertz CT molecular complexity index is 514. The van der Waals surface area contributed by atoms with Gasteiger partial charge in [-0.05, 0) is 29.8 Å². The molecular weight excluding hydrogens is 220 g/mol. The van der Waals surface area contributed by atoms with E-state index in [-0.39, 0.29) is 11.1 Å². The number of hydrogen-bond donors (Lipinski definition) is 0. The van der Waals surface area contributed by atoms with Crippen molar-refractivity contribution in [2.75, 3.05) is 0 Å². The zero-order valence-corrected chi connectivity index (χ0v) is 7.98. The van der Waals surface area contributed by atoms with Crippen molar-refractivity contribution in [3.8, 4) is 11.1 Å². The van der Waals surface area contributed by atoms with E-state index in [4.69, 9.17) is 0 Å². The predicted octanol–water partition coefficient (Wildman–Crippen LogP) is 3.91. The highest BCUT2D eigenvalue weighted by Crippen LogP contribution is 2.26. The Balaban J connectivity index is 2.63. The summed E-state index contributed by atoms with van der Waals surface area (Å²) in [5.41, 5.74) is -0.393. The van der Waals surface area contributed by atoms with Gasteiger partial charge in [-0.1, -0.05) is 12.1 Å². The SMILES string of the molecule is Fc1ccc(-c2c(F)cccc2F)cc1F. The Morgan fingerprint density at radius 2 is 1.25 bits per heavy atom. The summed E-state index contributed by atoms with van der Waals surface area (Å²) in [6.45, 7) is 0. The molecule has 0 amide bonds. The summed E-state index contributed by atoms with van der Waals surface area (Å²) >= 11 is 0. The van der Waals surface area contributed by atoms with Crippen molar-refractivity contribution < 1.29 is 17.6 Å². The van der Waals surface area contributed by atoms with Crippen LogP contribution in [0.25, 0.3) is 11.1 Å². The van der Waals surface area contributed by atoms with Crippen LogP contribution in [0.5, 0.6) is 0 Å². The van der Waals surface area contributed by atoms with Crippen LogP contribution in [0.3, 0.4) is 0 Å². The van der Waals surface area contributed by atoms with E-state index in [1.807, 2.05) is 0 Å². The minimum atomic E-state index is -1.14. The topological polar surface area (TPSA) is 0 Å². The third-order valence-corrected chi connectivity index (χ3v) is 2.17. The Morgan fingerprint density at radius 1 is 0.625 bits per heavy atom. The van der Waals surface area contributed by atoms with Gasteiger partial charge in [-0.25, -0.2) is 17.6 Å². The van der Waals surface area contributed by atoms with Crippen LogP contribution >= 0.6 is 0 Å². The lowest BCUT2D eigenvalue weighted by atomic mass is 10.0.